The molecular formula is C88H86O4Si2. The van der Waals surface area contributed by atoms with E-state index in [-0.39, 0.29) is 0 Å². The number of unbranched alkanes of at least 4 members (excludes halogenated alkanes) is 4. The van der Waals surface area contributed by atoms with Crippen LogP contribution in [-0.2, 0) is 25.7 Å². The van der Waals surface area contributed by atoms with Crippen molar-refractivity contribution < 1.29 is 17.7 Å². The summed E-state index contributed by atoms with van der Waals surface area (Å²) in [5.74, 6) is 27.5. The standard InChI is InChI=1S/C88H86O4Si2/c1-11-15-19-77-59-83(71-43-31-67(32-44-71)55-57-93(5,6)7)89-85(77)73-47-35-65(36-48-73)25-23-63-27-39-69(40-28-63)81-61-79(21-17-13-3)87(91-81)75-51-53-76(54-52-75)88-80(22-18-14-4)62-82(92-88)70-41-29-64(30-42-70)24-26-66-37-49-74(50-38-66)86-78(20-16-12-2)60-84(90-86)72-45-33-68(34-46-72)56-58-94(8,9)10/h27-54,59-62H,11-22H2,1-10H3. The van der Waals surface area contributed by atoms with E-state index >= 15 is 0 Å². The Morgan fingerprint density at radius 2 is 0.426 bits per heavy atom. The predicted octanol–water partition coefficient (Wildman–Crippen LogP) is 24.0. The Labute approximate surface area is 561 Å². The van der Waals surface area contributed by atoms with Crippen LogP contribution in [0.1, 0.15) is 135 Å². The first-order chi connectivity index (χ1) is 45.6. The molecule has 4 heterocycles. The van der Waals surface area contributed by atoms with Gasteiger partial charge in [0, 0.05) is 77.9 Å². The summed E-state index contributed by atoms with van der Waals surface area (Å²) in [5.41, 5.74) is 26.0. The highest BCUT2D eigenvalue weighted by Crippen LogP contribution is 2.40. The molecule has 0 N–H and O–H groups in total. The minimum Gasteiger partial charge on any atom is -0.456 e. The molecular weight excluding hydrogens is 1180 g/mol. The number of aryl methyl sites for hydroxylation is 4. The van der Waals surface area contributed by atoms with Crippen LogP contribution in [-0.4, -0.2) is 16.1 Å². The Morgan fingerprint density at radius 1 is 0.245 bits per heavy atom. The molecule has 11 rings (SSSR count). The lowest BCUT2D eigenvalue weighted by Gasteiger charge is -2.06. The van der Waals surface area contributed by atoms with Crippen LogP contribution >= 0.6 is 0 Å². The van der Waals surface area contributed by atoms with Crippen LogP contribution in [0, 0.1) is 46.6 Å². The average Bonchev–Trinajstić information content (AvgIpc) is 1.70. The van der Waals surface area contributed by atoms with Gasteiger partial charge >= 0.3 is 0 Å². The van der Waals surface area contributed by atoms with Crippen molar-refractivity contribution in [3.05, 3.63) is 250 Å². The number of hydrogen-bond donors (Lipinski definition) is 0. The molecule has 4 aromatic heterocycles. The SMILES string of the molecule is CCCCc1cc(-c2ccc(C#C[Si](C)(C)C)cc2)oc1-c1ccc(C#Cc2ccc(-c3cc(CCCC)c(-c4ccc(-c5oc(-c6ccc(C#Cc7ccc(-c8oc(-c9ccc(C#C[Si](C)(C)C)cc9)cc8CCCC)cc7)cc6)cc5CCCC)cc4)o3)cc2)cc1. The van der Waals surface area contributed by atoms with E-state index in [1.165, 1.54) is 22.3 Å². The molecule has 6 heteroatoms. The highest BCUT2D eigenvalue weighted by atomic mass is 28.3. The van der Waals surface area contributed by atoms with Crippen molar-refractivity contribution in [2.45, 2.75) is 144 Å². The maximum atomic E-state index is 6.79. The Balaban J connectivity index is 0.750. The topological polar surface area (TPSA) is 52.6 Å². The molecule has 94 heavy (non-hydrogen) atoms. The van der Waals surface area contributed by atoms with Crippen LogP contribution in [0.15, 0.2) is 212 Å². The van der Waals surface area contributed by atoms with Gasteiger partial charge in [0.15, 0.2) is 0 Å². The fraction of sp³-hybridized carbons (Fsp3) is 0.250. The van der Waals surface area contributed by atoms with Gasteiger partial charge in [-0.25, -0.2) is 0 Å². The Kier molecular flexibility index (Phi) is 21.3. The Bertz CT molecular complexity index is 4320. The number of hydrogen-bond acceptors (Lipinski definition) is 4. The van der Waals surface area contributed by atoms with E-state index in [4.69, 9.17) is 17.7 Å². The van der Waals surface area contributed by atoms with E-state index in [0.29, 0.717) is 0 Å². The summed E-state index contributed by atoms with van der Waals surface area (Å²) in [6.45, 7) is 22.5. The molecule has 0 aliphatic heterocycles. The zero-order valence-corrected chi connectivity index (χ0v) is 58.6. The molecule has 0 unspecified atom stereocenters. The highest BCUT2D eigenvalue weighted by Gasteiger charge is 2.21. The van der Waals surface area contributed by atoms with Crippen molar-refractivity contribution >= 4 is 16.1 Å². The van der Waals surface area contributed by atoms with Crippen molar-refractivity contribution in [2.75, 3.05) is 0 Å². The molecule has 0 bridgehead atoms. The van der Waals surface area contributed by atoms with Crippen LogP contribution < -0.4 is 0 Å². The van der Waals surface area contributed by atoms with E-state index in [9.17, 15) is 0 Å². The summed E-state index contributed by atoms with van der Waals surface area (Å²) in [4.78, 5) is 0. The molecule has 470 valence electrons. The van der Waals surface area contributed by atoms with Crippen molar-refractivity contribution in [3.8, 4) is 137 Å². The Hall–Kier alpha value is -9.67. The lowest BCUT2D eigenvalue weighted by molar-refractivity contribution is 0.591. The monoisotopic (exact) mass is 1260 g/mol. The summed E-state index contributed by atoms with van der Waals surface area (Å²) >= 11 is 0. The highest BCUT2D eigenvalue weighted by molar-refractivity contribution is 6.84. The summed E-state index contributed by atoms with van der Waals surface area (Å²) in [6, 6.07) is 68.2. The molecule has 0 saturated heterocycles. The molecule has 4 nitrogen and oxygen atoms in total. The zero-order chi connectivity index (χ0) is 65.6. The summed E-state index contributed by atoms with van der Waals surface area (Å²) in [5, 5.41) is 0. The van der Waals surface area contributed by atoms with E-state index < -0.39 is 16.1 Å². The second-order valence-corrected chi connectivity index (χ2v) is 36.3. The van der Waals surface area contributed by atoms with Crippen LogP contribution in [0.2, 0.25) is 39.3 Å². The molecule has 0 saturated carbocycles. The van der Waals surface area contributed by atoms with E-state index in [1.807, 2.05) is 0 Å². The van der Waals surface area contributed by atoms with Gasteiger partial charge in [0.25, 0.3) is 0 Å². The van der Waals surface area contributed by atoms with E-state index in [2.05, 4.69) is 308 Å². The van der Waals surface area contributed by atoms with Crippen molar-refractivity contribution in [1.82, 2.24) is 0 Å². The van der Waals surface area contributed by atoms with E-state index in [0.717, 1.165) is 201 Å². The lowest BCUT2D eigenvalue weighted by atomic mass is 10.00. The molecule has 7 aromatic carbocycles. The van der Waals surface area contributed by atoms with Gasteiger partial charge in [-0.05, 0) is 195 Å². The molecule has 0 aliphatic rings. The third kappa shape index (κ3) is 17.1. The van der Waals surface area contributed by atoms with Gasteiger partial charge in [0.1, 0.15) is 62.2 Å². The fourth-order valence-electron chi connectivity index (χ4n) is 11.3. The van der Waals surface area contributed by atoms with E-state index in [1.54, 1.807) is 0 Å². The average molecular weight is 1260 g/mol. The van der Waals surface area contributed by atoms with Gasteiger partial charge in [0.05, 0.1) is 0 Å². The second-order valence-electron chi connectivity index (χ2n) is 26.8. The maximum absolute atomic E-state index is 6.79. The van der Waals surface area contributed by atoms with Gasteiger partial charge in [-0.2, -0.15) is 0 Å². The van der Waals surface area contributed by atoms with Gasteiger partial charge in [0.2, 0.25) is 0 Å². The summed E-state index contributed by atoms with van der Waals surface area (Å²) < 4.78 is 26.8. The molecule has 0 spiro atoms. The first kappa shape index (κ1) is 65.8. The second kappa shape index (κ2) is 30.4. The quantitative estimate of drug-likeness (QED) is 0.0564. The number of furan rings is 4. The minimum absolute atomic E-state index is 0.852. The molecule has 0 fully saturated rings. The largest absolute Gasteiger partial charge is 0.456 e. The van der Waals surface area contributed by atoms with Gasteiger partial charge in [-0.1, -0.05) is 201 Å². The summed E-state index contributed by atoms with van der Waals surface area (Å²) in [7, 11) is -2.91. The maximum Gasteiger partial charge on any atom is 0.137 e. The third-order valence-electron chi connectivity index (χ3n) is 16.7. The van der Waals surface area contributed by atoms with Crippen LogP contribution in [0.3, 0.4) is 0 Å². The van der Waals surface area contributed by atoms with Crippen molar-refractivity contribution in [3.63, 3.8) is 0 Å². The first-order valence-corrected chi connectivity index (χ1v) is 40.9. The fourth-order valence-corrected chi connectivity index (χ4v) is 12.4. The number of benzene rings is 7. The lowest BCUT2D eigenvalue weighted by Crippen LogP contribution is -2.16. The molecule has 0 aliphatic carbocycles. The van der Waals surface area contributed by atoms with Gasteiger partial charge < -0.3 is 17.7 Å². The first-order valence-electron chi connectivity index (χ1n) is 33.9. The van der Waals surface area contributed by atoms with Gasteiger partial charge in [-0.3, -0.25) is 0 Å². The Morgan fingerprint density at radius 3 is 0.617 bits per heavy atom. The minimum atomic E-state index is -1.46. The van der Waals surface area contributed by atoms with Crippen LogP contribution in [0.25, 0.3) is 90.6 Å². The van der Waals surface area contributed by atoms with Crippen LogP contribution in [0.4, 0.5) is 0 Å². The third-order valence-corrected chi connectivity index (χ3v) is 18.4. The molecule has 0 radical (unpaired) electrons. The molecule has 0 amide bonds. The molecule has 0 atom stereocenters. The molecule has 11 aromatic rings. The zero-order valence-electron chi connectivity index (χ0n) is 56.6. The number of rotatable bonds is 20. The van der Waals surface area contributed by atoms with Gasteiger partial charge in [-0.15, -0.1) is 11.1 Å². The predicted molar refractivity (Wildman–Crippen MR) is 399 cm³/mol. The van der Waals surface area contributed by atoms with Crippen molar-refractivity contribution in [2.24, 2.45) is 0 Å². The smallest absolute Gasteiger partial charge is 0.137 e. The summed E-state index contributed by atoms with van der Waals surface area (Å²) in [6.07, 6.45) is 12.6. The van der Waals surface area contributed by atoms with Crippen LogP contribution in [0.5, 0.6) is 0 Å². The van der Waals surface area contributed by atoms with Crippen molar-refractivity contribution in [1.29, 1.82) is 0 Å². The normalized spacial score (nSPS) is 11.3.